The molecule has 0 bridgehead atoms. The lowest BCUT2D eigenvalue weighted by Crippen LogP contribution is -2.36. The van der Waals surface area contributed by atoms with Crippen LogP contribution in [0, 0.1) is 0 Å². The number of benzene rings is 1. The van der Waals surface area contributed by atoms with Crippen LogP contribution in [0.25, 0.3) is 0 Å². The molecule has 21 heavy (non-hydrogen) atoms. The first-order valence-corrected chi connectivity index (χ1v) is 6.88. The standard InChI is InChI=1S/C15H21NO5/c1-3-20-12-5-7-13(8-6-12)21-10-14(17)16-11(2)4-9-15(18)19/h5-8,11H,3-4,9-10H2,1-2H3,(H,16,17)(H,18,19). The molecule has 1 rings (SSSR count). The third-order valence-electron chi connectivity index (χ3n) is 2.70. The number of hydrogen-bond acceptors (Lipinski definition) is 4. The van der Waals surface area contributed by atoms with E-state index < -0.39 is 5.97 Å². The highest BCUT2D eigenvalue weighted by atomic mass is 16.5. The van der Waals surface area contributed by atoms with Gasteiger partial charge in [0.2, 0.25) is 0 Å². The monoisotopic (exact) mass is 295 g/mol. The van der Waals surface area contributed by atoms with Crippen molar-refractivity contribution in [2.24, 2.45) is 0 Å². The average Bonchev–Trinajstić information content (AvgIpc) is 2.45. The Morgan fingerprint density at radius 3 is 2.29 bits per heavy atom. The minimum atomic E-state index is -0.873. The normalized spacial score (nSPS) is 11.5. The first kappa shape index (κ1) is 16.8. The SMILES string of the molecule is CCOc1ccc(OCC(=O)NC(C)CCC(=O)O)cc1. The maximum atomic E-state index is 11.6. The van der Waals surface area contributed by atoms with Crippen molar-refractivity contribution in [2.45, 2.75) is 32.7 Å². The van der Waals surface area contributed by atoms with E-state index in [-0.39, 0.29) is 25.0 Å². The van der Waals surface area contributed by atoms with E-state index in [0.29, 0.717) is 18.8 Å². The molecule has 2 N–H and O–H groups in total. The Bertz CT molecular complexity index is 458. The summed E-state index contributed by atoms with van der Waals surface area (Å²) >= 11 is 0. The zero-order chi connectivity index (χ0) is 15.7. The maximum absolute atomic E-state index is 11.6. The van der Waals surface area contributed by atoms with Crippen molar-refractivity contribution in [1.29, 1.82) is 0 Å². The third-order valence-corrected chi connectivity index (χ3v) is 2.70. The lowest BCUT2D eigenvalue weighted by atomic mass is 10.2. The van der Waals surface area contributed by atoms with Crippen molar-refractivity contribution in [1.82, 2.24) is 5.32 Å². The van der Waals surface area contributed by atoms with Crippen molar-refractivity contribution in [3.05, 3.63) is 24.3 Å². The number of carboxylic acid groups (broad SMARTS) is 1. The van der Waals surface area contributed by atoms with E-state index in [4.69, 9.17) is 14.6 Å². The number of carbonyl (C=O) groups excluding carboxylic acids is 1. The molecular weight excluding hydrogens is 274 g/mol. The Kier molecular flexibility index (Phi) is 7.08. The first-order chi connectivity index (χ1) is 10.0. The van der Waals surface area contributed by atoms with E-state index in [1.165, 1.54) is 0 Å². The molecule has 0 saturated carbocycles. The first-order valence-electron chi connectivity index (χ1n) is 6.88. The van der Waals surface area contributed by atoms with E-state index in [0.717, 1.165) is 5.75 Å². The Morgan fingerprint density at radius 1 is 1.19 bits per heavy atom. The number of carbonyl (C=O) groups is 2. The number of hydrogen-bond donors (Lipinski definition) is 2. The average molecular weight is 295 g/mol. The molecule has 1 amide bonds. The topological polar surface area (TPSA) is 84.9 Å². The molecule has 6 nitrogen and oxygen atoms in total. The number of amides is 1. The van der Waals surface area contributed by atoms with Gasteiger partial charge in [-0.3, -0.25) is 9.59 Å². The van der Waals surface area contributed by atoms with Crippen LogP contribution in [0.4, 0.5) is 0 Å². The lowest BCUT2D eigenvalue weighted by Gasteiger charge is -2.13. The lowest BCUT2D eigenvalue weighted by molar-refractivity contribution is -0.137. The predicted molar refractivity (Wildman–Crippen MR) is 77.6 cm³/mol. The van der Waals surface area contributed by atoms with Crippen molar-refractivity contribution >= 4 is 11.9 Å². The summed E-state index contributed by atoms with van der Waals surface area (Å²) in [6.45, 7) is 4.15. The Hall–Kier alpha value is -2.24. The van der Waals surface area contributed by atoms with Crippen molar-refractivity contribution in [3.8, 4) is 11.5 Å². The van der Waals surface area contributed by atoms with Gasteiger partial charge in [0.25, 0.3) is 5.91 Å². The van der Waals surface area contributed by atoms with Gasteiger partial charge in [0, 0.05) is 12.5 Å². The molecule has 0 aliphatic carbocycles. The summed E-state index contributed by atoms with van der Waals surface area (Å²) in [5.74, 6) is 0.173. The zero-order valence-electron chi connectivity index (χ0n) is 12.3. The van der Waals surface area contributed by atoms with E-state index in [1.807, 2.05) is 6.92 Å². The molecule has 1 unspecified atom stereocenters. The van der Waals surface area contributed by atoms with Gasteiger partial charge in [-0.15, -0.1) is 0 Å². The fourth-order valence-corrected chi connectivity index (χ4v) is 1.68. The fourth-order valence-electron chi connectivity index (χ4n) is 1.68. The van der Waals surface area contributed by atoms with Crippen LogP contribution in [-0.2, 0) is 9.59 Å². The number of nitrogens with one attached hydrogen (secondary N) is 1. The summed E-state index contributed by atoms with van der Waals surface area (Å²) in [5, 5.41) is 11.2. The Labute approximate surface area is 124 Å². The summed E-state index contributed by atoms with van der Waals surface area (Å²) in [6.07, 6.45) is 0.422. The fraction of sp³-hybridized carbons (Fsp3) is 0.467. The van der Waals surface area contributed by atoms with Gasteiger partial charge in [0.05, 0.1) is 6.61 Å². The van der Waals surface area contributed by atoms with Crippen LogP contribution in [0.1, 0.15) is 26.7 Å². The molecule has 0 fully saturated rings. The highest BCUT2D eigenvalue weighted by molar-refractivity contribution is 5.77. The number of carboxylic acids is 1. The molecule has 1 aromatic carbocycles. The van der Waals surface area contributed by atoms with E-state index >= 15 is 0 Å². The second-order valence-corrected chi connectivity index (χ2v) is 4.59. The van der Waals surface area contributed by atoms with Gasteiger partial charge in [0.1, 0.15) is 11.5 Å². The molecule has 0 aliphatic rings. The molecule has 0 heterocycles. The highest BCUT2D eigenvalue weighted by Gasteiger charge is 2.09. The van der Waals surface area contributed by atoms with Crippen LogP contribution in [0.2, 0.25) is 0 Å². The van der Waals surface area contributed by atoms with Gasteiger partial charge < -0.3 is 19.9 Å². The third kappa shape index (κ3) is 7.20. The van der Waals surface area contributed by atoms with Crippen LogP contribution in [-0.4, -0.2) is 36.2 Å². The van der Waals surface area contributed by atoms with Gasteiger partial charge in [-0.05, 0) is 44.5 Å². The number of ether oxygens (including phenoxy) is 2. The van der Waals surface area contributed by atoms with Gasteiger partial charge in [-0.2, -0.15) is 0 Å². The molecule has 0 aliphatic heterocycles. The summed E-state index contributed by atoms with van der Waals surface area (Å²) < 4.78 is 10.6. The molecule has 0 aromatic heterocycles. The minimum absolute atomic E-state index is 0.0290. The molecule has 6 heteroatoms. The van der Waals surface area contributed by atoms with Crippen molar-refractivity contribution in [3.63, 3.8) is 0 Å². The van der Waals surface area contributed by atoms with Crippen LogP contribution >= 0.6 is 0 Å². The second-order valence-electron chi connectivity index (χ2n) is 4.59. The van der Waals surface area contributed by atoms with E-state index in [2.05, 4.69) is 5.32 Å². The Balaban J connectivity index is 2.30. The van der Waals surface area contributed by atoms with E-state index in [1.54, 1.807) is 31.2 Å². The molecule has 1 atom stereocenters. The van der Waals surface area contributed by atoms with Crippen LogP contribution in [0.5, 0.6) is 11.5 Å². The van der Waals surface area contributed by atoms with Crippen molar-refractivity contribution < 1.29 is 24.2 Å². The second kappa shape index (κ2) is 8.84. The summed E-state index contributed by atoms with van der Waals surface area (Å²) in [6, 6.07) is 6.80. The molecular formula is C15H21NO5. The van der Waals surface area contributed by atoms with Gasteiger partial charge in [-0.1, -0.05) is 0 Å². The smallest absolute Gasteiger partial charge is 0.303 e. The molecule has 0 radical (unpaired) electrons. The Morgan fingerprint density at radius 2 is 1.76 bits per heavy atom. The van der Waals surface area contributed by atoms with Gasteiger partial charge >= 0.3 is 5.97 Å². The quantitative estimate of drug-likeness (QED) is 0.726. The zero-order valence-corrected chi connectivity index (χ0v) is 12.3. The van der Waals surface area contributed by atoms with Crippen molar-refractivity contribution in [2.75, 3.05) is 13.2 Å². The molecule has 0 spiro atoms. The number of aliphatic carboxylic acids is 1. The van der Waals surface area contributed by atoms with Gasteiger partial charge in [0.15, 0.2) is 6.61 Å². The summed E-state index contributed by atoms with van der Waals surface area (Å²) in [7, 11) is 0. The predicted octanol–water partition coefficient (Wildman–Crippen LogP) is 1.83. The van der Waals surface area contributed by atoms with E-state index in [9.17, 15) is 9.59 Å². The molecule has 0 saturated heterocycles. The summed E-state index contributed by atoms with van der Waals surface area (Å²) in [4.78, 5) is 22.1. The van der Waals surface area contributed by atoms with Crippen LogP contribution < -0.4 is 14.8 Å². The molecule has 1 aromatic rings. The van der Waals surface area contributed by atoms with Gasteiger partial charge in [-0.25, -0.2) is 0 Å². The summed E-state index contributed by atoms with van der Waals surface area (Å²) in [5.41, 5.74) is 0. The number of rotatable bonds is 9. The van der Waals surface area contributed by atoms with Crippen LogP contribution in [0.15, 0.2) is 24.3 Å². The minimum Gasteiger partial charge on any atom is -0.494 e. The van der Waals surface area contributed by atoms with Crippen LogP contribution in [0.3, 0.4) is 0 Å². The maximum Gasteiger partial charge on any atom is 0.303 e. The largest absolute Gasteiger partial charge is 0.494 e. The molecule has 116 valence electrons. The highest BCUT2D eigenvalue weighted by Crippen LogP contribution is 2.17.